The molecule has 6 nitrogen and oxygen atoms in total. The molecule has 4 saturated carbocycles. The Morgan fingerprint density at radius 1 is 1.00 bits per heavy atom. The molecule has 2 amide bonds. The minimum atomic E-state index is -0.398. The second-order valence-corrected chi connectivity index (χ2v) is 10.5. The number of rotatable bonds is 6. The van der Waals surface area contributed by atoms with Crippen LogP contribution in [-0.2, 0) is 10.2 Å². The van der Waals surface area contributed by atoms with E-state index in [-0.39, 0.29) is 24.0 Å². The third-order valence-electron chi connectivity index (χ3n) is 7.80. The van der Waals surface area contributed by atoms with Gasteiger partial charge in [-0.3, -0.25) is 9.59 Å². The molecule has 33 heavy (non-hydrogen) atoms. The predicted molar refractivity (Wildman–Crippen MR) is 127 cm³/mol. The number of hydrogen-bond acceptors (Lipinski definition) is 4. The molecule has 0 atom stereocenters. The molecule has 6 heteroatoms. The highest BCUT2D eigenvalue weighted by Crippen LogP contribution is 2.60. The van der Waals surface area contributed by atoms with Gasteiger partial charge < -0.3 is 20.1 Å². The maximum absolute atomic E-state index is 12.4. The molecule has 4 bridgehead atoms. The van der Waals surface area contributed by atoms with E-state index in [9.17, 15) is 14.7 Å². The summed E-state index contributed by atoms with van der Waals surface area (Å²) in [6.45, 7) is -0.179. The lowest BCUT2D eigenvalue weighted by Gasteiger charge is -2.57. The van der Waals surface area contributed by atoms with Crippen LogP contribution in [0.4, 0.5) is 5.69 Å². The fourth-order valence-electron chi connectivity index (χ4n) is 6.73. The van der Waals surface area contributed by atoms with Gasteiger partial charge in [0.15, 0.2) is 6.61 Å². The minimum absolute atomic E-state index is 0.0985. The Bertz CT molecular complexity index is 1030. The van der Waals surface area contributed by atoms with Crippen LogP contribution in [0.1, 0.15) is 54.4 Å². The molecule has 2 aromatic rings. The standard InChI is InChI=1S/C27H32N2O4/c1-29(2)26(32)20-3-8-24(30)23(12-20)28-25(31)16-33-22-6-4-21(5-7-22)27-13-17-9-18(14-27)11-19(10-17)15-27/h3-8,12,17-19,30H,9-11,13-16H2,1-2H3,(H,28,31). The van der Waals surface area contributed by atoms with E-state index >= 15 is 0 Å². The van der Waals surface area contributed by atoms with Gasteiger partial charge in [0.05, 0.1) is 5.69 Å². The topological polar surface area (TPSA) is 78.9 Å². The lowest BCUT2D eigenvalue weighted by molar-refractivity contribution is -0.118. The maximum atomic E-state index is 12.4. The van der Waals surface area contributed by atoms with E-state index < -0.39 is 5.91 Å². The van der Waals surface area contributed by atoms with Crippen LogP contribution in [0.2, 0.25) is 0 Å². The maximum Gasteiger partial charge on any atom is 0.262 e. The summed E-state index contributed by atoms with van der Waals surface area (Å²) in [4.78, 5) is 26.0. The Morgan fingerprint density at radius 2 is 1.61 bits per heavy atom. The number of aromatic hydroxyl groups is 1. The SMILES string of the molecule is CN(C)C(=O)c1ccc(O)c(NC(=O)COc2ccc(C34CC5CC(CC(C5)C3)C4)cc2)c1. The van der Waals surface area contributed by atoms with Crippen molar-refractivity contribution in [2.75, 3.05) is 26.0 Å². The highest BCUT2D eigenvalue weighted by atomic mass is 16.5. The van der Waals surface area contributed by atoms with Crippen LogP contribution in [0, 0.1) is 17.8 Å². The highest BCUT2D eigenvalue weighted by Gasteiger charge is 2.51. The number of carbonyl (C=O) groups excluding carboxylic acids is 2. The number of phenols is 1. The first kappa shape index (κ1) is 21.8. The van der Waals surface area contributed by atoms with Crippen molar-refractivity contribution in [1.82, 2.24) is 4.90 Å². The van der Waals surface area contributed by atoms with Crippen molar-refractivity contribution in [3.8, 4) is 11.5 Å². The van der Waals surface area contributed by atoms with Gasteiger partial charge in [0.25, 0.3) is 11.8 Å². The molecule has 4 fully saturated rings. The normalized spacial score (nSPS) is 27.3. The minimum Gasteiger partial charge on any atom is -0.506 e. The summed E-state index contributed by atoms with van der Waals surface area (Å²) in [5, 5.41) is 12.7. The van der Waals surface area contributed by atoms with Crippen LogP contribution in [0.25, 0.3) is 0 Å². The molecule has 4 aliphatic carbocycles. The number of hydrogen-bond donors (Lipinski definition) is 2. The van der Waals surface area contributed by atoms with Gasteiger partial charge in [-0.05, 0) is 97.6 Å². The van der Waals surface area contributed by atoms with Gasteiger partial charge in [-0.1, -0.05) is 12.1 Å². The van der Waals surface area contributed by atoms with Crippen molar-refractivity contribution in [1.29, 1.82) is 0 Å². The number of benzene rings is 2. The number of phenolic OH excluding ortho intramolecular Hbond substituents is 1. The van der Waals surface area contributed by atoms with Gasteiger partial charge in [0.2, 0.25) is 0 Å². The second-order valence-electron chi connectivity index (χ2n) is 10.5. The summed E-state index contributed by atoms with van der Waals surface area (Å²) in [6.07, 6.45) is 8.24. The van der Waals surface area contributed by atoms with Crippen LogP contribution < -0.4 is 10.1 Å². The molecule has 6 rings (SSSR count). The third-order valence-corrected chi connectivity index (χ3v) is 7.80. The summed E-state index contributed by atoms with van der Waals surface area (Å²) in [5.74, 6) is 2.65. The molecule has 2 aromatic carbocycles. The van der Waals surface area contributed by atoms with Gasteiger partial charge in [-0.15, -0.1) is 0 Å². The molecule has 0 spiro atoms. The first-order chi connectivity index (χ1) is 15.8. The van der Waals surface area contributed by atoms with Crippen LogP contribution in [0.15, 0.2) is 42.5 Å². The van der Waals surface area contributed by atoms with Gasteiger partial charge in [-0.25, -0.2) is 0 Å². The Kier molecular flexibility index (Phi) is 5.55. The lowest BCUT2D eigenvalue weighted by Crippen LogP contribution is -2.48. The van der Waals surface area contributed by atoms with Crippen molar-refractivity contribution in [3.05, 3.63) is 53.6 Å². The monoisotopic (exact) mass is 448 g/mol. The van der Waals surface area contributed by atoms with E-state index in [2.05, 4.69) is 17.4 Å². The fourth-order valence-corrected chi connectivity index (χ4v) is 6.73. The van der Waals surface area contributed by atoms with E-state index in [1.54, 1.807) is 14.1 Å². The van der Waals surface area contributed by atoms with Crippen molar-refractivity contribution < 1.29 is 19.4 Å². The third kappa shape index (κ3) is 4.31. The van der Waals surface area contributed by atoms with Crippen molar-refractivity contribution in [2.24, 2.45) is 17.8 Å². The van der Waals surface area contributed by atoms with Gasteiger partial charge in [0, 0.05) is 19.7 Å². The number of carbonyl (C=O) groups is 2. The Morgan fingerprint density at radius 3 is 2.18 bits per heavy atom. The number of anilines is 1. The number of nitrogens with one attached hydrogen (secondary N) is 1. The molecule has 0 aromatic heterocycles. The first-order valence-corrected chi connectivity index (χ1v) is 11.9. The van der Waals surface area contributed by atoms with Gasteiger partial charge >= 0.3 is 0 Å². The average Bonchev–Trinajstić information content (AvgIpc) is 2.78. The summed E-state index contributed by atoms with van der Waals surface area (Å²) >= 11 is 0. The molecule has 0 radical (unpaired) electrons. The van der Waals surface area contributed by atoms with Gasteiger partial charge in [0.1, 0.15) is 11.5 Å². The Hall–Kier alpha value is -3.02. The summed E-state index contributed by atoms with van der Waals surface area (Å²) in [5.41, 5.74) is 2.34. The van der Waals surface area contributed by atoms with Crippen molar-refractivity contribution >= 4 is 17.5 Å². The molecular weight excluding hydrogens is 416 g/mol. The molecule has 2 N–H and O–H groups in total. The van der Waals surface area contributed by atoms with Crippen LogP contribution in [0.3, 0.4) is 0 Å². The number of amides is 2. The van der Waals surface area contributed by atoms with E-state index in [4.69, 9.17) is 4.74 Å². The molecular formula is C27H32N2O4. The summed E-state index contributed by atoms with van der Waals surface area (Å²) in [7, 11) is 3.30. The van der Waals surface area contributed by atoms with E-state index in [1.165, 1.54) is 67.2 Å². The largest absolute Gasteiger partial charge is 0.506 e. The van der Waals surface area contributed by atoms with E-state index in [0.29, 0.717) is 16.7 Å². The van der Waals surface area contributed by atoms with Crippen LogP contribution >= 0.6 is 0 Å². The van der Waals surface area contributed by atoms with E-state index in [0.717, 1.165) is 17.8 Å². The Labute approximate surface area is 194 Å². The molecule has 0 heterocycles. The molecule has 0 aliphatic heterocycles. The molecule has 0 unspecified atom stereocenters. The smallest absolute Gasteiger partial charge is 0.262 e. The zero-order valence-electron chi connectivity index (χ0n) is 19.3. The average molecular weight is 449 g/mol. The van der Waals surface area contributed by atoms with Gasteiger partial charge in [-0.2, -0.15) is 0 Å². The zero-order chi connectivity index (χ0) is 23.2. The van der Waals surface area contributed by atoms with E-state index in [1.807, 2.05) is 12.1 Å². The lowest BCUT2D eigenvalue weighted by atomic mass is 9.48. The second kappa shape index (κ2) is 8.40. The van der Waals surface area contributed by atoms with Crippen LogP contribution in [0.5, 0.6) is 11.5 Å². The van der Waals surface area contributed by atoms with Crippen molar-refractivity contribution in [3.63, 3.8) is 0 Å². The molecule has 174 valence electrons. The summed E-state index contributed by atoms with van der Waals surface area (Å²) in [6, 6.07) is 12.7. The van der Waals surface area contributed by atoms with Crippen molar-refractivity contribution in [2.45, 2.75) is 43.9 Å². The Balaban J connectivity index is 1.20. The fraction of sp³-hybridized carbons (Fsp3) is 0.481. The molecule has 0 saturated heterocycles. The zero-order valence-corrected chi connectivity index (χ0v) is 19.3. The quantitative estimate of drug-likeness (QED) is 0.634. The number of ether oxygens (including phenoxy) is 1. The predicted octanol–water partition coefficient (Wildman–Crippen LogP) is 4.58. The number of nitrogens with zero attached hydrogens (tertiary/aromatic N) is 1. The molecule has 4 aliphatic rings. The highest BCUT2D eigenvalue weighted by molar-refractivity contribution is 5.98. The first-order valence-electron chi connectivity index (χ1n) is 11.9. The summed E-state index contributed by atoms with van der Waals surface area (Å²) < 4.78 is 5.70. The van der Waals surface area contributed by atoms with Crippen LogP contribution in [-0.4, -0.2) is 42.5 Å².